The highest BCUT2D eigenvalue weighted by Crippen LogP contribution is 2.24. The fraction of sp³-hybridized carbons (Fsp3) is 0.143. The van der Waals surface area contributed by atoms with Crippen LogP contribution in [0.15, 0.2) is 48.5 Å². The van der Waals surface area contributed by atoms with Crippen molar-refractivity contribution in [1.29, 1.82) is 0 Å². The van der Waals surface area contributed by atoms with Gasteiger partial charge < -0.3 is 10.1 Å². The topological polar surface area (TPSA) is 21.3 Å². The standard InChI is InChI=1S/C14H14INO/c1-17-14-9-5-4-8-13(14)16-10-11-6-2-3-7-12(11)15/h2-9,16H,10H2,1H3. The van der Waals surface area contributed by atoms with E-state index in [0.717, 1.165) is 18.0 Å². The number of rotatable bonds is 4. The molecule has 0 bridgehead atoms. The maximum Gasteiger partial charge on any atom is 0.141 e. The predicted octanol–water partition coefficient (Wildman–Crippen LogP) is 3.91. The van der Waals surface area contributed by atoms with E-state index in [1.54, 1.807) is 7.11 Å². The molecule has 0 aliphatic carbocycles. The van der Waals surface area contributed by atoms with Crippen molar-refractivity contribution in [3.05, 3.63) is 57.7 Å². The Morgan fingerprint density at radius 3 is 2.53 bits per heavy atom. The molecular formula is C14H14INO. The van der Waals surface area contributed by atoms with Crippen molar-refractivity contribution >= 4 is 28.3 Å². The fourth-order valence-corrected chi connectivity index (χ4v) is 2.20. The summed E-state index contributed by atoms with van der Waals surface area (Å²) in [5.74, 6) is 0.874. The van der Waals surface area contributed by atoms with E-state index in [1.807, 2.05) is 30.3 Å². The van der Waals surface area contributed by atoms with Gasteiger partial charge in [-0.05, 0) is 46.4 Å². The van der Waals surface area contributed by atoms with Crippen LogP contribution in [0, 0.1) is 3.57 Å². The molecule has 0 aliphatic heterocycles. The third-order valence-corrected chi connectivity index (χ3v) is 3.59. The number of para-hydroxylation sites is 2. The summed E-state index contributed by atoms with van der Waals surface area (Å²) in [7, 11) is 1.69. The lowest BCUT2D eigenvalue weighted by Crippen LogP contribution is -2.02. The van der Waals surface area contributed by atoms with E-state index in [2.05, 4.69) is 46.1 Å². The van der Waals surface area contributed by atoms with Crippen LogP contribution in [-0.4, -0.2) is 7.11 Å². The maximum absolute atomic E-state index is 5.30. The first-order valence-electron chi connectivity index (χ1n) is 5.41. The first-order chi connectivity index (χ1) is 8.31. The number of methoxy groups -OCH3 is 1. The van der Waals surface area contributed by atoms with Crippen LogP contribution in [0.3, 0.4) is 0 Å². The summed E-state index contributed by atoms with van der Waals surface area (Å²) in [5, 5.41) is 3.39. The van der Waals surface area contributed by atoms with Crippen LogP contribution in [0.1, 0.15) is 5.56 Å². The summed E-state index contributed by atoms with van der Waals surface area (Å²) in [6, 6.07) is 16.3. The number of halogens is 1. The van der Waals surface area contributed by atoms with E-state index in [0.29, 0.717) is 0 Å². The second kappa shape index (κ2) is 5.91. The van der Waals surface area contributed by atoms with Gasteiger partial charge in [0.15, 0.2) is 0 Å². The molecule has 1 N–H and O–H groups in total. The number of hydrogen-bond donors (Lipinski definition) is 1. The van der Waals surface area contributed by atoms with Gasteiger partial charge >= 0.3 is 0 Å². The molecule has 2 nitrogen and oxygen atoms in total. The van der Waals surface area contributed by atoms with Crippen LogP contribution in [0.5, 0.6) is 5.75 Å². The minimum absolute atomic E-state index is 0.805. The van der Waals surface area contributed by atoms with Gasteiger partial charge in [-0.15, -0.1) is 0 Å². The van der Waals surface area contributed by atoms with Crippen molar-refractivity contribution < 1.29 is 4.74 Å². The molecule has 0 amide bonds. The van der Waals surface area contributed by atoms with E-state index in [4.69, 9.17) is 4.74 Å². The van der Waals surface area contributed by atoms with Crippen LogP contribution >= 0.6 is 22.6 Å². The predicted molar refractivity (Wildman–Crippen MR) is 79.5 cm³/mol. The Kier molecular flexibility index (Phi) is 4.25. The normalized spacial score (nSPS) is 10.0. The molecule has 0 aromatic heterocycles. The van der Waals surface area contributed by atoms with Gasteiger partial charge in [0.1, 0.15) is 5.75 Å². The molecule has 3 heteroatoms. The molecule has 2 rings (SSSR count). The van der Waals surface area contributed by atoms with Gasteiger partial charge in [-0.1, -0.05) is 30.3 Å². The lowest BCUT2D eigenvalue weighted by atomic mass is 10.2. The van der Waals surface area contributed by atoms with Crippen LogP contribution < -0.4 is 10.1 Å². The molecule has 0 spiro atoms. The van der Waals surface area contributed by atoms with E-state index in [9.17, 15) is 0 Å². The summed E-state index contributed by atoms with van der Waals surface area (Å²) in [5.41, 5.74) is 2.31. The Hall–Kier alpha value is -1.23. The van der Waals surface area contributed by atoms with Gasteiger partial charge in [-0.3, -0.25) is 0 Å². The first-order valence-corrected chi connectivity index (χ1v) is 6.49. The van der Waals surface area contributed by atoms with Gasteiger partial charge in [-0.25, -0.2) is 0 Å². The Morgan fingerprint density at radius 2 is 1.76 bits per heavy atom. The third-order valence-electron chi connectivity index (χ3n) is 2.53. The average Bonchev–Trinajstić information content (AvgIpc) is 2.38. The van der Waals surface area contributed by atoms with Crippen LogP contribution in [0.4, 0.5) is 5.69 Å². The number of anilines is 1. The zero-order valence-corrected chi connectivity index (χ0v) is 11.8. The van der Waals surface area contributed by atoms with Gasteiger partial charge in [0.25, 0.3) is 0 Å². The number of benzene rings is 2. The number of nitrogens with one attached hydrogen (secondary N) is 1. The zero-order valence-electron chi connectivity index (χ0n) is 9.61. The minimum Gasteiger partial charge on any atom is -0.495 e. The number of hydrogen-bond acceptors (Lipinski definition) is 2. The summed E-state index contributed by atoms with van der Waals surface area (Å²) >= 11 is 2.35. The highest BCUT2D eigenvalue weighted by molar-refractivity contribution is 14.1. The largest absolute Gasteiger partial charge is 0.495 e. The fourth-order valence-electron chi connectivity index (χ4n) is 1.62. The lowest BCUT2D eigenvalue weighted by molar-refractivity contribution is 0.416. The van der Waals surface area contributed by atoms with Crippen molar-refractivity contribution in [2.24, 2.45) is 0 Å². The van der Waals surface area contributed by atoms with Gasteiger partial charge in [-0.2, -0.15) is 0 Å². The molecule has 0 aliphatic rings. The molecule has 88 valence electrons. The summed E-state index contributed by atoms with van der Waals surface area (Å²) < 4.78 is 6.57. The summed E-state index contributed by atoms with van der Waals surface area (Å²) in [6.07, 6.45) is 0. The van der Waals surface area contributed by atoms with E-state index >= 15 is 0 Å². The number of ether oxygens (including phenoxy) is 1. The monoisotopic (exact) mass is 339 g/mol. The van der Waals surface area contributed by atoms with Crippen molar-refractivity contribution in [2.75, 3.05) is 12.4 Å². The highest BCUT2D eigenvalue weighted by Gasteiger charge is 2.02. The Morgan fingerprint density at radius 1 is 1.06 bits per heavy atom. The molecule has 0 atom stereocenters. The summed E-state index contributed by atoms with van der Waals surface area (Å²) in [4.78, 5) is 0. The van der Waals surface area contributed by atoms with Crippen LogP contribution in [-0.2, 0) is 6.54 Å². The van der Waals surface area contributed by atoms with Gasteiger partial charge in [0.2, 0.25) is 0 Å². The molecule has 2 aromatic carbocycles. The van der Waals surface area contributed by atoms with E-state index < -0.39 is 0 Å². The molecule has 17 heavy (non-hydrogen) atoms. The Bertz CT molecular complexity index is 499. The molecule has 2 aromatic rings. The van der Waals surface area contributed by atoms with Crippen molar-refractivity contribution in [2.45, 2.75) is 6.54 Å². The van der Waals surface area contributed by atoms with Gasteiger partial charge in [0, 0.05) is 10.1 Å². The minimum atomic E-state index is 0.805. The molecule has 0 heterocycles. The quantitative estimate of drug-likeness (QED) is 0.853. The molecular weight excluding hydrogens is 325 g/mol. The lowest BCUT2D eigenvalue weighted by Gasteiger charge is -2.11. The molecule has 0 unspecified atom stereocenters. The molecule has 0 saturated heterocycles. The van der Waals surface area contributed by atoms with Gasteiger partial charge in [0.05, 0.1) is 12.8 Å². The first kappa shape index (κ1) is 12.2. The molecule has 0 fully saturated rings. The third kappa shape index (κ3) is 3.12. The second-order valence-electron chi connectivity index (χ2n) is 3.65. The van der Waals surface area contributed by atoms with E-state index in [-0.39, 0.29) is 0 Å². The molecule has 0 radical (unpaired) electrons. The van der Waals surface area contributed by atoms with Crippen molar-refractivity contribution in [3.63, 3.8) is 0 Å². The van der Waals surface area contributed by atoms with Crippen molar-refractivity contribution in [3.8, 4) is 5.75 Å². The maximum atomic E-state index is 5.30. The Balaban J connectivity index is 2.10. The Labute approximate surface area is 115 Å². The summed E-state index contributed by atoms with van der Waals surface area (Å²) in [6.45, 7) is 0.805. The zero-order chi connectivity index (χ0) is 12.1. The second-order valence-corrected chi connectivity index (χ2v) is 4.81. The average molecular weight is 339 g/mol. The highest BCUT2D eigenvalue weighted by atomic mass is 127. The van der Waals surface area contributed by atoms with E-state index in [1.165, 1.54) is 9.13 Å². The smallest absolute Gasteiger partial charge is 0.141 e. The van der Waals surface area contributed by atoms with Crippen LogP contribution in [0.2, 0.25) is 0 Å². The SMILES string of the molecule is COc1ccccc1NCc1ccccc1I. The van der Waals surface area contributed by atoms with Crippen molar-refractivity contribution in [1.82, 2.24) is 0 Å². The van der Waals surface area contributed by atoms with Crippen LogP contribution in [0.25, 0.3) is 0 Å². The molecule has 0 saturated carbocycles.